The number of nitrogens with zero attached hydrogens (tertiary/aromatic N) is 1. The average molecular weight is 263 g/mol. The van der Waals surface area contributed by atoms with Crippen LogP contribution in [-0.4, -0.2) is 14.4 Å². The average Bonchev–Trinajstić information content (AvgIpc) is 2.26. The number of benzene rings is 1. The monoisotopic (exact) mass is 263 g/mol. The smallest absolute Gasteiger partial charge is 0.240 e. The van der Waals surface area contributed by atoms with Crippen molar-refractivity contribution in [2.45, 2.75) is 45.5 Å². The Morgan fingerprint density at radius 2 is 2.00 bits per heavy atom. The fourth-order valence-electron chi connectivity index (χ4n) is 1.25. The summed E-state index contributed by atoms with van der Waals surface area (Å²) >= 11 is 0. The summed E-state index contributed by atoms with van der Waals surface area (Å²) in [5.74, 6) is 0. The molecule has 1 rings (SSSR count). The molecule has 1 aromatic rings. The fourth-order valence-corrected chi connectivity index (χ4v) is 2.21. The Morgan fingerprint density at radius 3 is 2.56 bits per heavy atom. The van der Waals surface area contributed by atoms with E-state index in [1.54, 1.807) is 12.1 Å². The molecule has 0 heterocycles. The summed E-state index contributed by atoms with van der Waals surface area (Å²) in [7, 11) is -1.73. The molecule has 0 unspecified atom stereocenters. The van der Waals surface area contributed by atoms with E-state index in [0.717, 1.165) is 5.56 Å². The van der Waals surface area contributed by atoms with Crippen LogP contribution < -0.4 is 0 Å². The van der Waals surface area contributed by atoms with Gasteiger partial charge in [0, 0.05) is 0 Å². The molecule has 4 heteroatoms. The summed E-state index contributed by atoms with van der Waals surface area (Å²) in [5.41, 5.74) is 1.66. The van der Waals surface area contributed by atoms with Crippen molar-refractivity contribution in [1.29, 1.82) is 0 Å². The van der Waals surface area contributed by atoms with Gasteiger partial charge in [-0.05, 0) is 35.8 Å². The Morgan fingerprint density at radius 1 is 1.33 bits per heavy atom. The van der Waals surface area contributed by atoms with E-state index in [1.807, 2.05) is 18.2 Å². The molecule has 1 aromatic carbocycles. The van der Waals surface area contributed by atoms with Crippen LogP contribution in [0.5, 0.6) is 0 Å². The lowest BCUT2D eigenvalue weighted by atomic mass is 10.2. The molecule has 0 radical (unpaired) electrons. The third kappa shape index (κ3) is 3.91. The Balaban J connectivity index is 2.75. The molecule has 0 N–H and O–H groups in total. The fraction of sp³-hybridized carbons (Fsp3) is 0.500. The highest BCUT2D eigenvalue weighted by Crippen LogP contribution is 2.37. The van der Waals surface area contributed by atoms with Crippen molar-refractivity contribution in [2.75, 3.05) is 0 Å². The number of aliphatic imine (C=N–C) groups is 1. The maximum absolute atomic E-state index is 10.2. The Kier molecular flexibility index (Phi) is 4.63. The summed E-state index contributed by atoms with van der Waals surface area (Å²) in [6.45, 7) is 11.7. The van der Waals surface area contributed by atoms with Crippen molar-refractivity contribution in [2.24, 2.45) is 4.99 Å². The lowest BCUT2D eigenvalue weighted by Crippen LogP contribution is -2.40. The first kappa shape index (κ1) is 14.8. The van der Waals surface area contributed by atoms with Crippen molar-refractivity contribution in [3.8, 4) is 0 Å². The van der Waals surface area contributed by atoms with Crippen LogP contribution in [0.2, 0.25) is 18.1 Å². The van der Waals surface area contributed by atoms with Crippen LogP contribution in [-0.2, 0) is 15.8 Å². The van der Waals surface area contributed by atoms with Crippen LogP contribution in [0.15, 0.2) is 29.3 Å². The molecule has 0 saturated heterocycles. The Bertz CT molecular complexity index is 457. The molecular formula is C14H21NO2Si. The van der Waals surface area contributed by atoms with Crippen molar-refractivity contribution >= 4 is 20.1 Å². The molecule has 0 bridgehead atoms. The van der Waals surface area contributed by atoms with Crippen molar-refractivity contribution in [3.63, 3.8) is 0 Å². The van der Waals surface area contributed by atoms with Gasteiger partial charge in [-0.15, -0.1) is 0 Å². The highest BCUT2D eigenvalue weighted by molar-refractivity contribution is 6.74. The zero-order chi connectivity index (χ0) is 13.8. The van der Waals surface area contributed by atoms with Gasteiger partial charge in [-0.2, -0.15) is 4.99 Å². The summed E-state index contributed by atoms with van der Waals surface area (Å²) in [6, 6.07) is 7.50. The van der Waals surface area contributed by atoms with Crippen molar-refractivity contribution in [3.05, 3.63) is 29.8 Å². The van der Waals surface area contributed by atoms with Crippen molar-refractivity contribution in [1.82, 2.24) is 0 Å². The van der Waals surface area contributed by atoms with Crippen LogP contribution >= 0.6 is 0 Å². The number of rotatable bonds is 4. The van der Waals surface area contributed by atoms with E-state index in [1.165, 1.54) is 0 Å². The summed E-state index contributed by atoms with van der Waals surface area (Å²) in [5, 5.41) is 0.200. The maximum Gasteiger partial charge on any atom is 0.240 e. The SMILES string of the molecule is CC(C)(C)[Si](C)(C)OCc1cccc(N=C=O)c1. The second kappa shape index (κ2) is 5.61. The van der Waals surface area contributed by atoms with Gasteiger partial charge in [0.25, 0.3) is 0 Å². The van der Waals surface area contributed by atoms with Crippen LogP contribution in [0.3, 0.4) is 0 Å². The molecule has 0 saturated carbocycles. The third-order valence-electron chi connectivity index (χ3n) is 3.49. The van der Waals surface area contributed by atoms with Gasteiger partial charge in [-0.3, -0.25) is 0 Å². The largest absolute Gasteiger partial charge is 0.413 e. The van der Waals surface area contributed by atoms with Crippen LogP contribution in [0.25, 0.3) is 0 Å². The zero-order valence-electron chi connectivity index (χ0n) is 11.8. The second-order valence-corrected chi connectivity index (χ2v) is 10.7. The van der Waals surface area contributed by atoms with Gasteiger partial charge < -0.3 is 4.43 Å². The maximum atomic E-state index is 10.2. The van der Waals surface area contributed by atoms with Crippen LogP contribution in [0, 0.1) is 0 Å². The minimum atomic E-state index is -1.73. The highest BCUT2D eigenvalue weighted by atomic mass is 28.4. The van der Waals surface area contributed by atoms with E-state index < -0.39 is 8.32 Å². The van der Waals surface area contributed by atoms with E-state index in [0.29, 0.717) is 12.3 Å². The van der Waals surface area contributed by atoms with Gasteiger partial charge >= 0.3 is 0 Å². The minimum Gasteiger partial charge on any atom is -0.413 e. The predicted molar refractivity (Wildman–Crippen MR) is 76.2 cm³/mol. The standard InChI is InChI=1S/C14H21NO2Si/c1-14(2,3)18(4,5)17-10-12-7-6-8-13(9-12)15-11-16/h6-9H,10H2,1-5H3. The van der Waals surface area contributed by atoms with E-state index in [4.69, 9.17) is 4.43 Å². The van der Waals surface area contributed by atoms with Gasteiger partial charge in [0.15, 0.2) is 8.32 Å². The first-order chi connectivity index (χ1) is 8.26. The van der Waals surface area contributed by atoms with Crippen molar-refractivity contribution < 1.29 is 9.22 Å². The molecule has 98 valence electrons. The molecule has 0 aromatic heterocycles. The molecule has 0 fully saturated rings. The lowest BCUT2D eigenvalue weighted by Gasteiger charge is -2.36. The van der Waals surface area contributed by atoms with Crippen LogP contribution in [0.4, 0.5) is 5.69 Å². The minimum absolute atomic E-state index is 0.200. The molecule has 3 nitrogen and oxygen atoms in total. The number of hydrogen-bond donors (Lipinski definition) is 0. The first-order valence-corrected chi connectivity index (χ1v) is 8.98. The lowest BCUT2D eigenvalue weighted by molar-refractivity contribution is 0.276. The van der Waals surface area contributed by atoms with E-state index >= 15 is 0 Å². The van der Waals surface area contributed by atoms with Gasteiger partial charge in [-0.1, -0.05) is 32.9 Å². The predicted octanol–water partition coefficient (Wildman–Crippen LogP) is 4.18. The number of hydrogen-bond acceptors (Lipinski definition) is 3. The highest BCUT2D eigenvalue weighted by Gasteiger charge is 2.36. The molecular weight excluding hydrogens is 242 g/mol. The summed E-state index contributed by atoms with van der Waals surface area (Å²) in [4.78, 5) is 13.8. The van der Waals surface area contributed by atoms with Gasteiger partial charge in [-0.25, -0.2) is 4.79 Å². The first-order valence-electron chi connectivity index (χ1n) is 6.07. The zero-order valence-corrected chi connectivity index (χ0v) is 12.8. The molecule has 0 amide bonds. The molecule has 0 aliphatic carbocycles. The Labute approximate surface area is 110 Å². The second-order valence-electron chi connectivity index (χ2n) is 5.92. The third-order valence-corrected chi connectivity index (χ3v) is 7.97. The molecule has 18 heavy (non-hydrogen) atoms. The molecule has 0 atom stereocenters. The quantitative estimate of drug-likeness (QED) is 0.464. The topological polar surface area (TPSA) is 38.7 Å². The molecule has 0 aliphatic rings. The van der Waals surface area contributed by atoms with E-state index in [9.17, 15) is 4.79 Å². The molecule has 0 aliphatic heterocycles. The normalized spacial score (nSPS) is 12.1. The number of carbonyl (C=O) groups excluding carboxylic acids is 1. The number of isocyanates is 1. The van der Waals surface area contributed by atoms with Gasteiger partial charge in [0.2, 0.25) is 6.08 Å². The van der Waals surface area contributed by atoms with Crippen LogP contribution in [0.1, 0.15) is 26.3 Å². The summed E-state index contributed by atoms with van der Waals surface area (Å²) < 4.78 is 6.11. The van der Waals surface area contributed by atoms with E-state index in [-0.39, 0.29) is 5.04 Å². The summed E-state index contributed by atoms with van der Waals surface area (Å²) in [6.07, 6.45) is 1.55. The Hall–Kier alpha value is -1.22. The molecule has 0 spiro atoms. The van der Waals surface area contributed by atoms with E-state index in [2.05, 4.69) is 38.9 Å². The van der Waals surface area contributed by atoms with Gasteiger partial charge in [0.1, 0.15) is 0 Å². The van der Waals surface area contributed by atoms with Gasteiger partial charge in [0.05, 0.1) is 12.3 Å².